The van der Waals surface area contributed by atoms with E-state index in [1.165, 1.54) is 154 Å². The minimum absolute atomic E-state index is 0.0163. The molecule has 1 amide bonds. The van der Waals surface area contributed by atoms with Crippen molar-refractivity contribution < 1.29 is 24.5 Å². The van der Waals surface area contributed by atoms with Gasteiger partial charge in [0.25, 0.3) is 0 Å². The van der Waals surface area contributed by atoms with Crippen LogP contribution in [-0.4, -0.2) is 47.4 Å². The Morgan fingerprint density at radius 1 is 0.467 bits per heavy atom. The molecule has 0 spiro atoms. The minimum Gasteiger partial charge on any atom is -0.466 e. The van der Waals surface area contributed by atoms with E-state index in [-0.39, 0.29) is 18.5 Å². The number of carbonyl (C=O) groups is 2. The van der Waals surface area contributed by atoms with Gasteiger partial charge in [0.15, 0.2) is 0 Å². The summed E-state index contributed by atoms with van der Waals surface area (Å²) in [5, 5.41) is 22.9. The molecule has 0 fully saturated rings. The van der Waals surface area contributed by atoms with E-state index in [0.717, 1.165) is 77.0 Å². The zero-order valence-electron chi connectivity index (χ0n) is 39.7. The molecule has 0 aromatic heterocycles. The number of hydrogen-bond acceptors (Lipinski definition) is 5. The van der Waals surface area contributed by atoms with Gasteiger partial charge in [-0.05, 0) is 89.9 Å². The third kappa shape index (κ3) is 45.3. The fourth-order valence-electron chi connectivity index (χ4n) is 7.54. The standard InChI is InChI=1S/C54H99NO5/c1-3-5-7-9-11-13-14-15-16-17-18-19-22-25-28-32-36-40-44-48-54(59)60-49-45-41-37-33-29-26-23-20-21-24-27-31-35-39-43-47-53(58)55-51(50-56)52(57)46-42-38-34-30-12-10-8-6-4-2/h11,13,15-16,23,26,42,46,51-52,56-57H,3-10,12,14,17-22,24-25,27-41,43-45,47-50H2,1-2H3,(H,55,58)/b13-11-,16-15-,26-23-,46-42+. The summed E-state index contributed by atoms with van der Waals surface area (Å²) >= 11 is 0. The molecule has 0 aromatic carbocycles. The van der Waals surface area contributed by atoms with E-state index in [9.17, 15) is 19.8 Å². The Hall–Kier alpha value is -2.18. The average molecular weight is 842 g/mol. The Labute approximate surface area is 372 Å². The van der Waals surface area contributed by atoms with Crippen molar-refractivity contribution in [3.8, 4) is 0 Å². The summed E-state index contributed by atoms with van der Waals surface area (Å²) < 4.78 is 5.46. The van der Waals surface area contributed by atoms with Crippen molar-refractivity contribution in [2.45, 2.75) is 270 Å². The Bertz CT molecular complexity index is 1020. The van der Waals surface area contributed by atoms with Gasteiger partial charge in [-0.15, -0.1) is 0 Å². The molecule has 60 heavy (non-hydrogen) atoms. The molecule has 6 nitrogen and oxygen atoms in total. The van der Waals surface area contributed by atoms with Gasteiger partial charge in [-0.3, -0.25) is 9.59 Å². The van der Waals surface area contributed by atoms with E-state index in [1.54, 1.807) is 6.08 Å². The largest absolute Gasteiger partial charge is 0.466 e. The minimum atomic E-state index is -0.853. The second kappa shape index (κ2) is 49.5. The van der Waals surface area contributed by atoms with Crippen LogP contribution in [0.5, 0.6) is 0 Å². The summed E-state index contributed by atoms with van der Waals surface area (Å²) in [5.41, 5.74) is 0. The van der Waals surface area contributed by atoms with Crippen molar-refractivity contribution in [3.63, 3.8) is 0 Å². The van der Waals surface area contributed by atoms with Crippen LogP contribution >= 0.6 is 0 Å². The van der Waals surface area contributed by atoms with Crippen molar-refractivity contribution in [3.05, 3.63) is 48.6 Å². The van der Waals surface area contributed by atoms with Gasteiger partial charge in [-0.1, -0.05) is 204 Å². The molecule has 0 rings (SSSR count). The summed E-state index contributed by atoms with van der Waals surface area (Å²) in [6.07, 6.45) is 61.2. The number of carbonyl (C=O) groups excluding carboxylic acids is 2. The van der Waals surface area contributed by atoms with Gasteiger partial charge in [-0.25, -0.2) is 0 Å². The van der Waals surface area contributed by atoms with E-state index < -0.39 is 12.1 Å². The molecule has 0 heterocycles. The highest BCUT2D eigenvalue weighted by atomic mass is 16.5. The van der Waals surface area contributed by atoms with E-state index in [4.69, 9.17) is 4.74 Å². The van der Waals surface area contributed by atoms with Crippen LogP contribution < -0.4 is 5.32 Å². The molecular weight excluding hydrogens is 743 g/mol. The second-order valence-electron chi connectivity index (χ2n) is 17.5. The quantitative estimate of drug-likeness (QED) is 0.0322. The summed E-state index contributed by atoms with van der Waals surface area (Å²) in [4.78, 5) is 24.4. The smallest absolute Gasteiger partial charge is 0.305 e. The number of aliphatic hydroxyl groups is 2. The summed E-state index contributed by atoms with van der Waals surface area (Å²) in [7, 11) is 0. The SMILES string of the molecule is CCCCC/C=C\C/C=C\CCCCCCCCCCCC(=O)OCCCCCC/C=C\CCCCCCCCCC(=O)NC(CO)C(O)/C=C/CCCCCCCCC. The molecule has 6 heteroatoms. The maximum Gasteiger partial charge on any atom is 0.305 e. The van der Waals surface area contributed by atoms with Crippen molar-refractivity contribution in [2.24, 2.45) is 0 Å². The van der Waals surface area contributed by atoms with Crippen LogP contribution in [0.3, 0.4) is 0 Å². The number of esters is 1. The van der Waals surface area contributed by atoms with Crippen LogP contribution in [0.15, 0.2) is 48.6 Å². The normalized spacial score (nSPS) is 13.1. The van der Waals surface area contributed by atoms with E-state index >= 15 is 0 Å². The first-order chi connectivity index (χ1) is 29.5. The number of hydrogen-bond donors (Lipinski definition) is 3. The third-order valence-electron chi connectivity index (χ3n) is 11.6. The average Bonchev–Trinajstić information content (AvgIpc) is 3.25. The van der Waals surface area contributed by atoms with E-state index in [1.807, 2.05) is 6.08 Å². The van der Waals surface area contributed by atoms with Gasteiger partial charge in [0.05, 0.1) is 25.4 Å². The van der Waals surface area contributed by atoms with Crippen LogP contribution in [0.25, 0.3) is 0 Å². The van der Waals surface area contributed by atoms with Crippen LogP contribution in [0.2, 0.25) is 0 Å². The second-order valence-corrected chi connectivity index (χ2v) is 17.5. The van der Waals surface area contributed by atoms with Gasteiger partial charge in [0.2, 0.25) is 5.91 Å². The van der Waals surface area contributed by atoms with Gasteiger partial charge >= 0.3 is 5.97 Å². The third-order valence-corrected chi connectivity index (χ3v) is 11.6. The number of unbranched alkanes of at least 4 members (excludes halogenated alkanes) is 30. The number of nitrogens with one attached hydrogen (secondary N) is 1. The maximum absolute atomic E-state index is 12.4. The summed E-state index contributed by atoms with van der Waals surface area (Å²) in [6.45, 7) is 4.80. The lowest BCUT2D eigenvalue weighted by Gasteiger charge is -2.20. The zero-order valence-corrected chi connectivity index (χ0v) is 39.7. The maximum atomic E-state index is 12.4. The van der Waals surface area contributed by atoms with Gasteiger partial charge in [0.1, 0.15) is 0 Å². The molecule has 0 saturated carbocycles. The highest BCUT2D eigenvalue weighted by Crippen LogP contribution is 2.14. The number of aliphatic hydroxyl groups excluding tert-OH is 2. The first kappa shape index (κ1) is 57.8. The highest BCUT2D eigenvalue weighted by molar-refractivity contribution is 5.76. The van der Waals surface area contributed by atoms with Crippen molar-refractivity contribution in [1.82, 2.24) is 5.32 Å². The predicted molar refractivity (Wildman–Crippen MR) is 259 cm³/mol. The highest BCUT2D eigenvalue weighted by Gasteiger charge is 2.18. The van der Waals surface area contributed by atoms with Crippen molar-refractivity contribution in [1.29, 1.82) is 0 Å². The molecule has 0 aromatic rings. The molecule has 3 N–H and O–H groups in total. The molecule has 0 aliphatic carbocycles. The van der Waals surface area contributed by atoms with Crippen LogP contribution in [0.1, 0.15) is 258 Å². The molecule has 2 atom stereocenters. The molecule has 0 aliphatic rings. The topological polar surface area (TPSA) is 95.9 Å². The summed E-state index contributed by atoms with van der Waals surface area (Å²) in [6, 6.07) is -0.638. The number of ether oxygens (including phenoxy) is 1. The number of allylic oxidation sites excluding steroid dienone is 7. The first-order valence-corrected chi connectivity index (χ1v) is 25.9. The van der Waals surface area contributed by atoms with Crippen LogP contribution in [-0.2, 0) is 14.3 Å². The monoisotopic (exact) mass is 842 g/mol. The Morgan fingerprint density at radius 3 is 1.32 bits per heavy atom. The lowest BCUT2D eigenvalue weighted by Crippen LogP contribution is -2.45. The molecule has 0 aliphatic heterocycles. The fraction of sp³-hybridized carbons (Fsp3) is 0.815. The van der Waals surface area contributed by atoms with Gasteiger partial charge < -0.3 is 20.3 Å². The van der Waals surface area contributed by atoms with Crippen LogP contribution in [0, 0.1) is 0 Å². The van der Waals surface area contributed by atoms with Crippen LogP contribution in [0.4, 0.5) is 0 Å². The Morgan fingerprint density at radius 2 is 0.833 bits per heavy atom. The fourth-order valence-corrected chi connectivity index (χ4v) is 7.54. The molecule has 0 saturated heterocycles. The lowest BCUT2D eigenvalue weighted by molar-refractivity contribution is -0.143. The lowest BCUT2D eigenvalue weighted by atomic mass is 10.1. The van der Waals surface area contributed by atoms with Crippen molar-refractivity contribution >= 4 is 11.9 Å². The molecular formula is C54H99NO5. The molecule has 2 unspecified atom stereocenters. The van der Waals surface area contributed by atoms with Crippen molar-refractivity contribution in [2.75, 3.05) is 13.2 Å². The zero-order chi connectivity index (χ0) is 43.7. The molecule has 0 bridgehead atoms. The number of amides is 1. The molecule has 0 radical (unpaired) electrons. The van der Waals surface area contributed by atoms with Gasteiger partial charge in [-0.2, -0.15) is 0 Å². The predicted octanol–water partition coefficient (Wildman–Crippen LogP) is 15.5. The first-order valence-electron chi connectivity index (χ1n) is 25.9. The number of rotatable bonds is 47. The Balaban J connectivity index is 3.47. The van der Waals surface area contributed by atoms with E-state index in [2.05, 4.69) is 55.6 Å². The summed E-state index contributed by atoms with van der Waals surface area (Å²) in [5.74, 6) is -0.104. The van der Waals surface area contributed by atoms with Gasteiger partial charge in [0, 0.05) is 12.8 Å². The molecule has 350 valence electrons. The van der Waals surface area contributed by atoms with E-state index in [0.29, 0.717) is 19.4 Å². The Kier molecular flexibility index (Phi) is 47.7.